The van der Waals surface area contributed by atoms with Crippen molar-refractivity contribution in [3.8, 4) is 0 Å². The molecule has 0 amide bonds. The second-order valence-corrected chi connectivity index (χ2v) is 8.48. The molecule has 1 aromatic carbocycles. The normalized spacial score (nSPS) is 17.7. The number of halogens is 1. The Kier molecular flexibility index (Phi) is 5.09. The first kappa shape index (κ1) is 19.9. The fourth-order valence-corrected chi connectivity index (χ4v) is 4.78. The van der Waals surface area contributed by atoms with Gasteiger partial charge in [0.2, 0.25) is 0 Å². The van der Waals surface area contributed by atoms with Gasteiger partial charge in [0.25, 0.3) is 5.56 Å². The molecule has 1 fully saturated rings. The Morgan fingerprint density at radius 2 is 2.06 bits per heavy atom. The molecule has 0 unspecified atom stereocenters. The topological polar surface area (TPSA) is 90.2 Å². The summed E-state index contributed by atoms with van der Waals surface area (Å²) >= 11 is 0. The Labute approximate surface area is 179 Å². The molecule has 8 heteroatoms. The fourth-order valence-electron chi connectivity index (χ4n) is 4.78. The van der Waals surface area contributed by atoms with E-state index in [1.54, 1.807) is 10.6 Å². The van der Waals surface area contributed by atoms with Gasteiger partial charge in [-0.1, -0.05) is 11.2 Å². The predicted octanol–water partition coefficient (Wildman–Crippen LogP) is 2.96. The van der Waals surface area contributed by atoms with Gasteiger partial charge in [0.15, 0.2) is 11.4 Å². The highest BCUT2D eigenvalue weighted by molar-refractivity contribution is 5.79. The van der Waals surface area contributed by atoms with Crippen molar-refractivity contribution in [1.82, 2.24) is 19.6 Å². The number of fused-ring (bicyclic) bond motifs is 2. The summed E-state index contributed by atoms with van der Waals surface area (Å²) in [6, 6.07) is 4.59. The summed E-state index contributed by atoms with van der Waals surface area (Å²) in [7, 11) is 0. The van der Waals surface area contributed by atoms with Crippen molar-refractivity contribution in [1.29, 1.82) is 0 Å². The van der Waals surface area contributed by atoms with E-state index in [-0.39, 0.29) is 11.4 Å². The summed E-state index contributed by atoms with van der Waals surface area (Å²) in [5.41, 5.74) is 9.62. The number of nitrogens with two attached hydrogens (primary N) is 1. The monoisotopic (exact) mass is 423 g/mol. The lowest BCUT2D eigenvalue weighted by atomic mass is 9.91. The van der Waals surface area contributed by atoms with E-state index in [0.717, 1.165) is 61.2 Å². The van der Waals surface area contributed by atoms with Crippen molar-refractivity contribution < 1.29 is 8.91 Å². The molecule has 162 valence electrons. The van der Waals surface area contributed by atoms with Crippen LogP contribution in [0.2, 0.25) is 0 Å². The number of nitrogens with zero attached hydrogens (tertiary/aromatic N) is 4. The van der Waals surface area contributed by atoms with Crippen molar-refractivity contribution in [2.24, 2.45) is 5.73 Å². The van der Waals surface area contributed by atoms with Gasteiger partial charge in [0.05, 0.1) is 11.4 Å². The molecule has 31 heavy (non-hydrogen) atoms. The minimum atomic E-state index is -0.313. The van der Waals surface area contributed by atoms with E-state index in [9.17, 15) is 9.18 Å². The zero-order chi connectivity index (χ0) is 21.5. The number of benzene rings is 1. The molecule has 2 aromatic heterocycles. The van der Waals surface area contributed by atoms with E-state index in [1.807, 2.05) is 13.0 Å². The van der Waals surface area contributed by atoms with Crippen molar-refractivity contribution >= 4 is 16.7 Å². The molecule has 0 radical (unpaired) electrons. The van der Waals surface area contributed by atoms with Gasteiger partial charge in [-0.2, -0.15) is 0 Å². The summed E-state index contributed by atoms with van der Waals surface area (Å²) in [6.45, 7) is 5.20. The summed E-state index contributed by atoms with van der Waals surface area (Å²) in [4.78, 5) is 20.0. The molecule has 3 aromatic rings. The number of piperidine rings is 1. The van der Waals surface area contributed by atoms with Gasteiger partial charge in [-0.25, -0.2) is 9.37 Å². The minimum absolute atomic E-state index is 0.0368. The zero-order valence-electron chi connectivity index (χ0n) is 17.6. The quantitative estimate of drug-likeness (QED) is 0.694. The lowest BCUT2D eigenvalue weighted by molar-refractivity contribution is 0.211. The van der Waals surface area contributed by atoms with Crippen LogP contribution in [0.3, 0.4) is 0 Å². The van der Waals surface area contributed by atoms with E-state index in [4.69, 9.17) is 10.3 Å². The largest absolute Gasteiger partial charge is 0.396 e. The predicted molar refractivity (Wildman–Crippen MR) is 116 cm³/mol. The summed E-state index contributed by atoms with van der Waals surface area (Å²) in [6.07, 6.45) is 5.29. The van der Waals surface area contributed by atoms with Gasteiger partial charge in [-0.3, -0.25) is 9.36 Å². The molecule has 5 rings (SSSR count). The molecule has 2 aliphatic rings. The standard InChI is InChI=1S/C23H26FN5O2/c1-14-17(23(30)29-9-2-3-19(25)22(29)26-14)8-12-28-10-6-15(7-11-28)21-18-5-4-16(24)13-20(18)31-27-21/h3-5,13,15H,2,6-12,25H2,1H3. The van der Waals surface area contributed by atoms with Crippen molar-refractivity contribution in [2.75, 3.05) is 19.6 Å². The van der Waals surface area contributed by atoms with Gasteiger partial charge >= 0.3 is 0 Å². The second kappa shape index (κ2) is 7.92. The average molecular weight is 423 g/mol. The SMILES string of the molecule is Cc1nc2n(c(=O)c1CCN1CCC(c3noc4cc(F)ccc34)CC1)CCC=C2N. The Morgan fingerprint density at radius 3 is 2.87 bits per heavy atom. The Balaban J connectivity index is 1.25. The molecule has 1 saturated heterocycles. The lowest BCUT2D eigenvalue weighted by Crippen LogP contribution is -2.37. The molecule has 0 aliphatic carbocycles. The van der Waals surface area contributed by atoms with Crippen LogP contribution >= 0.6 is 0 Å². The van der Waals surface area contributed by atoms with Gasteiger partial charge in [-0.05, 0) is 57.8 Å². The highest BCUT2D eigenvalue weighted by Gasteiger charge is 2.26. The third-order valence-electron chi connectivity index (χ3n) is 6.56. The van der Waals surface area contributed by atoms with Crippen LogP contribution in [0.1, 0.15) is 48.0 Å². The summed E-state index contributed by atoms with van der Waals surface area (Å²) < 4.78 is 20.4. The van der Waals surface area contributed by atoms with Crippen molar-refractivity contribution in [2.45, 2.75) is 45.1 Å². The number of likely N-dealkylation sites (tertiary alicyclic amines) is 1. The Bertz CT molecular complexity index is 1220. The van der Waals surface area contributed by atoms with E-state index in [0.29, 0.717) is 36.0 Å². The third-order valence-corrected chi connectivity index (χ3v) is 6.56. The minimum Gasteiger partial charge on any atom is -0.396 e. The molecule has 0 spiro atoms. The van der Waals surface area contributed by atoms with Gasteiger partial charge < -0.3 is 15.2 Å². The zero-order valence-corrected chi connectivity index (χ0v) is 17.6. The average Bonchev–Trinajstić information content (AvgIpc) is 3.18. The molecule has 0 saturated carbocycles. The maximum absolute atomic E-state index is 13.4. The molecule has 4 heterocycles. The number of hydrogen-bond acceptors (Lipinski definition) is 6. The van der Waals surface area contributed by atoms with Gasteiger partial charge in [0, 0.05) is 41.7 Å². The molecule has 0 bridgehead atoms. The first-order valence-electron chi connectivity index (χ1n) is 10.8. The van der Waals surface area contributed by atoms with Gasteiger partial charge in [-0.15, -0.1) is 0 Å². The number of rotatable bonds is 4. The van der Waals surface area contributed by atoms with Crippen LogP contribution in [0.15, 0.2) is 33.6 Å². The van der Waals surface area contributed by atoms with Crippen LogP contribution < -0.4 is 11.3 Å². The fraction of sp³-hybridized carbons (Fsp3) is 0.435. The Hall–Kier alpha value is -3.00. The summed E-state index contributed by atoms with van der Waals surface area (Å²) in [5, 5.41) is 5.12. The Morgan fingerprint density at radius 1 is 1.26 bits per heavy atom. The van der Waals surface area contributed by atoms with Crippen LogP contribution in [-0.4, -0.2) is 39.2 Å². The highest BCUT2D eigenvalue weighted by atomic mass is 19.1. The molecule has 0 atom stereocenters. The number of hydrogen-bond donors (Lipinski definition) is 1. The van der Waals surface area contributed by atoms with Crippen LogP contribution in [-0.2, 0) is 13.0 Å². The smallest absolute Gasteiger partial charge is 0.257 e. The second-order valence-electron chi connectivity index (χ2n) is 8.48. The van der Waals surface area contributed by atoms with Crippen molar-refractivity contribution in [3.05, 3.63) is 63.2 Å². The summed E-state index contributed by atoms with van der Waals surface area (Å²) in [5.74, 6) is 0.583. The van der Waals surface area contributed by atoms with E-state index in [2.05, 4.69) is 15.0 Å². The van der Waals surface area contributed by atoms with Crippen LogP contribution in [0, 0.1) is 12.7 Å². The molecular weight excluding hydrogens is 397 g/mol. The van der Waals surface area contributed by atoms with E-state index < -0.39 is 0 Å². The number of aryl methyl sites for hydroxylation is 1. The lowest BCUT2D eigenvalue weighted by Gasteiger charge is -2.31. The van der Waals surface area contributed by atoms with Crippen LogP contribution in [0.5, 0.6) is 0 Å². The van der Waals surface area contributed by atoms with E-state index in [1.165, 1.54) is 12.1 Å². The van der Waals surface area contributed by atoms with Gasteiger partial charge in [0.1, 0.15) is 5.82 Å². The molecule has 2 N–H and O–H groups in total. The maximum Gasteiger partial charge on any atom is 0.257 e. The maximum atomic E-state index is 13.4. The van der Waals surface area contributed by atoms with Crippen LogP contribution in [0.25, 0.3) is 16.7 Å². The molecule has 7 nitrogen and oxygen atoms in total. The number of allylic oxidation sites excluding steroid dienone is 1. The first-order chi connectivity index (χ1) is 15.0. The van der Waals surface area contributed by atoms with Crippen LogP contribution in [0.4, 0.5) is 4.39 Å². The first-order valence-corrected chi connectivity index (χ1v) is 10.8. The molecular formula is C23H26FN5O2. The van der Waals surface area contributed by atoms with E-state index >= 15 is 0 Å². The molecule has 2 aliphatic heterocycles. The highest BCUT2D eigenvalue weighted by Crippen LogP contribution is 2.32. The third kappa shape index (κ3) is 3.65. The van der Waals surface area contributed by atoms with Crippen molar-refractivity contribution in [3.63, 3.8) is 0 Å². The number of aromatic nitrogens is 3.